The third-order valence-electron chi connectivity index (χ3n) is 5.66. The molecule has 2 aromatic heterocycles. The number of alkyl halides is 1. The number of halogens is 1. The molecule has 3 heterocycles. The van der Waals surface area contributed by atoms with E-state index in [0.29, 0.717) is 22.8 Å². The van der Waals surface area contributed by atoms with E-state index in [1.165, 1.54) is 24.2 Å². The van der Waals surface area contributed by atoms with Crippen LogP contribution in [0.1, 0.15) is 24.6 Å². The quantitative estimate of drug-likeness (QED) is 0.431. The molecule has 1 saturated heterocycles. The van der Waals surface area contributed by atoms with Crippen molar-refractivity contribution in [2.24, 2.45) is 7.05 Å². The summed E-state index contributed by atoms with van der Waals surface area (Å²) in [6.45, 7) is 1.13. The zero-order valence-electron chi connectivity index (χ0n) is 19.7. The Morgan fingerprint density at radius 3 is 2.92 bits per heavy atom. The highest BCUT2D eigenvalue weighted by atomic mass is 19.1. The molecule has 1 fully saturated rings. The van der Waals surface area contributed by atoms with Gasteiger partial charge in [-0.3, -0.25) is 9.48 Å². The average Bonchev–Trinajstić information content (AvgIpc) is 3.23. The van der Waals surface area contributed by atoms with Gasteiger partial charge in [-0.05, 0) is 25.1 Å². The van der Waals surface area contributed by atoms with E-state index in [0.717, 1.165) is 0 Å². The van der Waals surface area contributed by atoms with Crippen LogP contribution in [0, 0.1) is 11.3 Å². The fourth-order valence-corrected chi connectivity index (χ4v) is 3.87. The molecule has 0 unspecified atom stereocenters. The average molecular weight is 497 g/mol. The summed E-state index contributed by atoms with van der Waals surface area (Å²) in [5, 5.41) is 35.7. The minimum absolute atomic E-state index is 0.173. The number of ether oxygens (including phenoxy) is 1. The van der Waals surface area contributed by atoms with Crippen LogP contribution in [0.15, 0.2) is 30.7 Å². The number of nitrogens with one attached hydrogen (secondary N) is 1. The predicted octanol–water partition coefficient (Wildman–Crippen LogP) is 1.08. The van der Waals surface area contributed by atoms with E-state index in [-0.39, 0.29) is 43.4 Å². The number of aliphatic hydroxyl groups excluding tert-OH is 2. The zero-order chi connectivity index (χ0) is 25.8. The highest BCUT2D eigenvalue weighted by Gasteiger charge is 2.34. The first-order chi connectivity index (χ1) is 17.3. The van der Waals surface area contributed by atoms with Crippen molar-refractivity contribution < 1.29 is 24.1 Å². The SMILES string of the molecule is C[C@H](O)C(=O)N1CC[C@H](Oc2ccc(-c3ncnc(Nc4cn(C)nc4CO)n3)cc2C#N)[C@@H](F)C1. The third kappa shape index (κ3) is 5.40. The van der Waals surface area contributed by atoms with Gasteiger partial charge in [-0.2, -0.15) is 15.3 Å². The van der Waals surface area contributed by atoms with Crippen LogP contribution < -0.4 is 10.1 Å². The van der Waals surface area contributed by atoms with Gasteiger partial charge in [-0.15, -0.1) is 0 Å². The van der Waals surface area contributed by atoms with Crippen LogP contribution in [0.3, 0.4) is 0 Å². The molecule has 3 atom stereocenters. The Bertz CT molecular complexity index is 1290. The lowest BCUT2D eigenvalue weighted by atomic mass is 10.0. The number of anilines is 2. The molecule has 188 valence electrons. The third-order valence-corrected chi connectivity index (χ3v) is 5.66. The number of carbonyl (C=O) groups excluding carboxylic acids is 1. The number of amides is 1. The molecule has 1 amide bonds. The summed E-state index contributed by atoms with van der Waals surface area (Å²) in [5.74, 6) is 0.193. The minimum Gasteiger partial charge on any atom is -0.486 e. The number of piperidine rings is 1. The molecule has 3 N–H and O–H groups in total. The zero-order valence-corrected chi connectivity index (χ0v) is 19.7. The van der Waals surface area contributed by atoms with Gasteiger partial charge < -0.3 is 25.2 Å². The van der Waals surface area contributed by atoms with Gasteiger partial charge in [-0.25, -0.2) is 14.4 Å². The first-order valence-electron chi connectivity index (χ1n) is 11.2. The maximum atomic E-state index is 14.7. The maximum absolute atomic E-state index is 14.7. The second-order valence-corrected chi connectivity index (χ2v) is 8.32. The van der Waals surface area contributed by atoms with Crippen LogP contribution in [0.2, 0.25) is 0 Å². The molecule has 0 radical (unpaired) electrons. The number of rotatable bonds is 7. The number of aryl methyl sites for hydroxylation is 1. The number of benzene rings is 1. The van der Waals surface area contributed by atoms with Crippen molar-refractivity contribution in [1.29, 1.82) is 5.26 Å². The Balaban J connectivity index is 1.49. The molecule has 0 aliphatic carbocycles. The highest BCUT2D eigenvalue weighted by Crippen LogP contribution is 2.28. The van der Waals surface area contributed by atoms with Crippen molar-refractivity contribution in [1.82, 2.24) is 29.6 Å². The van der Waals surface area contributed by atoms with E-state index in [1.807, 2.05) is 0 Å². The van der Waals surface area contributed by atoms with E-state index in [4.69, 9.17) is 4.74 Å². The molecule has 0 bridgehead atoms. The number of nitriles is 1. The summed E-state index contributed by atoms with van der Waals surface area (Å²) in [7, 11) is 1.72. The van der Waals surface area contributed by atoms with Gasteiger partial charge in [0.15, 0.2) is 12.0 Å². The lowest BCUT2D eigenvalue weighted by Gasteiger charge is -2.35. The van der Waals surface area contributed by atoms with E-state index in [9.17, 15) is 24.7 Å². The number of hydrogen-bond acceptors (Lipinski definition) is 10. The number of nitrogens with zero attached hydrogens (tertiary/aromatic N) is 7. The molecule has 12 nitrogen and oxygen atoms in total. The van der Waals surface area contributed by atoms with Gasteiger partial charge in [-0.1, -0.05) is 0 Å². The van der Waals surface area contributed by atoms with Crippen LogP contribution >= 0.6 is 0 Å². The highest BCUT2D eigenvalue weighted by molar-refractivity contribution is 5.80. The number of aromatic nitrogens is 5. The molecular formula is C23H25FN8O4. The fraction of sp³-hybridized carbons (Fsp3) is 0.391. The van der Waals surface area contributed by atoms with Crippen LogP contribution in [-0.4, -0.2) is 77.2 Å². The van der Waals surface area contributed by atoms with E-state index in [1.54, 1.807) is 30.1 Å². The molecular weight excluding hydrogens is 471 g/mol. The molecule has 1 aliphatic heterocycles. The molecule has 36 heavy (non-hydrogen) atoms. The van der Waals surface area contributed by atoms with Crippen LogP contribution in [0.4, 0.5) is 16.0 Å². The maximum Gasteiger partial charge on any atom is 0.251 e. The van der Waals surface area contributed by atoms with Crippen LogP contribution in [0.5, 0.6) is 5.75 Å². The molecule has 4 rings (SSSR count). The lowest BCUT2D eigenvalue weighted by Crippen LogP contribution is -2.51. The normalized spacial score (nSPS) is 18.4. The largest absolute Gasteiger partial charge is 0.486 e. The number of carbonyl (C=O) groups is 1. The Morgan fingerprint density at radius 1 is 1.42 bits per heavy atom. The number of aliphatic hydroxyl groups is 2. The van der Waals surface area contributed by atoms with Gasteiger partial charge in [0.2, 0.25) is 5.95 Å². The van der Waals surface area contributed by atoms with Crippen LogP contribution in [-0.2, 0) is 18.4 Å². The molecule has 0 spiro atoms. The summed E-state index contributed by atoms with van der Waals surface area (Å²) in [6.07, 6.45) is -0.294. The Morgan fingerprint density at radius 2 is 2.22 bits per heavy atom. The molecule has 13 heteroatoms. The Kier molecular flexibility index (Phi) is 7.37. The van der Waals surface area contributed by atoms with E-state index < -0.39 is 24.3 Å². The second kappa shape index (κ2) is 10.6. The topological polar surface area (TPSA) is 162 Å². The predicted molar refractivity (Wildman–Crippen MR) is 125 cm³/mol. The first-order valence-corrected chi connectivity index (χ1v) is 11.2. The van der Waals surface area contributed by atoms with E-state index in [2.05, 4.69) is 31.4 Å². The van der Waals surface area contributed by atoms with Crippen LogP contribution in [0.25, 0.3) is 11.4 Å². The van der Waals surface area contributed by atoms with Crippen molar-refractivity contribution in [3.63, 3.8) is 0 Å². The summed E-state index contributed by atoms with van der Waals surface area (Å²) in [5.41, 5.74) is 1.67. The Labute approximate surface area is 206 Å². The van der Waals surface area contributed by atoms with Crippen molar-refractivity contribution in [2.75, 3.05) is 18.4 Å². The molecule has 1 aliphatic rings. The summed E-state index contributed by atoms with van der Waals surface area (Å²) < 4.78 is 22.1. The lowest BCUT2D eigenvalue weighted by molar-refractivity contribution is -0.143. The van der Waals surface area contributed by atoms with Gasteiger partial charge in [0.25, 0.3) is 5.91 Å². The fourth-order valence-electron chi connectivity index (χ4n) is 3.87. The molecule has 1 aromatic carbocycles. The monoisotopic (exact) mass is 496 g/mol. The Hall–Kier alpha value is -4.15. The number of hydrogen-bond donors (Lipinski definition) is 3. The van der Waals surface area contributed by atoms with E-state index >= 15 is 0 Å². The summed E-state index contributed by atoms with van der Waals surface area (Å²) in [6, 6.07) is 6.79. The van der Waals surface area contributed by atoms with Gasteiger partial charge in [0.1, 0.15) is 36.0 Å². The van der Waals surface area contributed by atoms with Crippen molar-refractivity contribution in [2.45, 2.75) is 38.3 Å². The standard InChI is InChI=1S/C23H25FN8O4/c1-13(34)22(35)32-6-5-20(16(24)9-32)36-19-4-3-14(7-15(19)8-25)21-26-12-27-23(29-21)28-17-10-31(2)30-18(17)11-33/h3-4,7,10,12-13,16,20,33-34H,5-6,9,11H2,1-2H3,(H,26,27,28,29)/t13-,16-,20-/m0/s1. The summed E-state index contributed by atoms with van der Waals surface area (Å²) in [4.78, 5) is 25.8. The minimum atomic E-state index is -1.47. The first kappa shape index (κ1) is 25.0. The van der Waals surface area contributed by atoms with Gasteiger partial charge in [0, 0.05) is 31.8 Å². The van der Waals surface area contributed by atoms with Crippen molar-refractivity contribution in [3.8, 4) is 23.2 Å². The molecule has 0 saturated carbocycles. The van der Waals surface area contributed by atoms with Crippen molar-refractivity contribution in [3.05, 3.63) is 42.0 Å². The molecule has 3 aromatic rings. The van der Waals surface area contributed by atoms with Crippen molar-refractivity contribution >= 4 is 17.5 Å². The van der Waals surface area contributed by atoms with Gasteiger partial charge in [0.05, 0.1) is 24.4 Å². The smallest absolute Gasteiger partial charge is 0.251 e. The van der Waals surface area contributed by atoms with Gasteiger partial charge >= 0.3 is 0 Å². The second-order valence-electron chi connectivity index (χ2n) is 8.32. The number of likely N-dealkylation sites (tertiary alicyclic amines) is 1. The summed E-state index contributed by atoms with van der Waals surface area (Å²) >= 11 is 0.